The molecule has 0 unspecified atom stereocenters. The summed E-state index contributed by atoms with van der Waals surface area (Å²) in [6.45, 7) is 0. The van der Waals surface area contributed by atoms with Gasteiger partial charge in [0, 0.05) is 11.8 Å². The van der Waals surface area contributed by atoms with Crippen molar-refractivity contribution < 1.29 is 0 Å². The van der Waals surface area contributed by atoms with Gasteiger partial charge in [-0.25, -0.2) is 4.98 Å². The number of hydrogen-bond donors (Lipinski definition) is 0. The van der Waals surface area contributed by atoms with Crippen LogP contribution in [-0.4, -0.2) is 4.98 Å². The predicted molar refractivity (Wildman–Crippen MR) is 80.1 cm³/mol. The van der Waals surface area contributed by atoms with Gasteiger partial charge in [-0.3, -0.25) is 0 Å². The fourth-order valence-electron chi connectivity index (χ4n) is 2.10. The molecule has 0 atom stereocenters. The summed E-state index contributed by atoms with van der Waals surface area (Å²) in [4.78, 5) is 4.12. The Labute approximate surface area is 117 Å². The smallest absolute Gasteiger partial charge is 0.136 e. The average Bonchev–Trinajstić information content (AvgIpc) is 2.49. The molecule has 19 heavy (non-hydrogen) atoms. The van der Waals surface area contributed by atoms with Gasteiger partial charge in [0.15, 0.2) is 0 Å². The minimum absolute atomic E-state index is 0.535. The zero-order chi connectivity index (χ0) is 13.1. The molecular formula is C17H12ClN. The minimum Gasteiger partial charge on any atom is -0.244 e. The van der Waals surface area contributed by atoms with E-state index < -0.39 is 0 Å². The van der Waals surface area contributed by atoms with Crippen LogP contribution in [0.1, 0.15) is 0 Å². The van der Waals surface area contributed by atoms with Crippen molar-refractivity contribution >= 4 is 11.6 Å². The summed E-state index contributed by atoms with van der Waals surface area (Å²) >= 11 is 6.15. The van der Waals surface area contributed by atoms with Gasteiger partial charge in [0.25, 0.3) is 0 Å². The Balaban J connectivity index is 2.09. The molecule has 3 rings (SSSR count). The van der Waals surface area contributed by atoms with Gasteiger partial charge >= 0.3 is 0 Å². The maximum absolute atomic E-state index is 6.15. The Morgan fingerprint density at radius 2 is 1.42 bits per heavy atom. The van der Waals surface area contributed by atoms with Crippen molar-refractivity contribution in [3.8, 4) is 22.3 Å². The molecule has 92 valence electrons. The lowest BCUT2D eigenvalue weighted by atomic mass is 10.0. The van der Waals surface area contributed by atoms with Crippen molar-refractivity contribution in [2.45, 2.75) is 0 Å². The predicted octanol–water partition coefficient (Wildman–Crippen LogP) is 5.07. The fourth-order valence-corrected chi connectivity index (χ4v) is 2.33. The largest absolute Gasteiger partial charge is 0.244 e. The van der Waals surface area contributed by atoms with Crippen LogP contribution >= 0.6 is 11.6 Å². The molecule has 0 aliphatic rings. The van der Waals surface area contributed by atoms with Gasteiger partial charge in [-0.05, 0) is 34.9 Å². The van der Waals surface area contributed by atoms with E-state index in [0.29, 0.717) is 5.15 Å². The summed E-state index contributed by atoms with van der Waals surface area (Å²) in [5, 5.41) is 0.535. The van der Waals surface area contributed by atoms with Crippen LogP contribution in [0.25, 0.3) is 22.3 Å². The molecule has 0 aliphatic heterocycles. The zero-order valence-corrected chi connectivity index (χ0v) is 11.0. The first kappa shape index (κ1) is 11.9. The molecule has 1 heterocycles. The number of nitrogens with zero attached hydrogens (tertiary/aromatic N) is 1. The van der Waals surface area contributed by atoms with Crippen molar-refractivity contribution in [3.63, 3.8) is 0 Å². The third kappa shape index (κ3) is 2.51. The molecular weight excluding hydrogens is 254 g/mol. The molecule has 1 nitrogen and oxygen atoms in total. The molecule has 0 spiro atoms. The SMILES string of the molecule is Clc1ncccc1-c1cccc(-c2ccccc2)c1. The summed E-state index contributed by atoms with van der Waals surface area (Å²) in [5.41, 5.74) is 4.42. The van der Waals surface area contributed by atoms with E-state index in [1.54, 1.807) is 6.20 Å². The lowest BCUT2D eigenvalue weighted by Gasteiger charge is -2.07. The zero-order valence-electron chi connectivity index (χ0n) is 10.3. The van der Waals surface area contributed by atoms with E-state index in [9.17, 15) is 0 Å². The normalized spacial score (nSPS) is 10.4. The van der Waals surface area contributed by atoms with E-state index in [0.717, 1.165) is 11.1 Å². The maximum atomic E-state index is 6.15. The monoisotopic (exact) mass is 265 g/mol. The average molecular weight is 266 g/mol. The Morgan fingerprint density at radius 1 is 0.684 bits per heavy atom. The van der Waals surface area contributed by atoms with Crippen LogP contribution in [0.3, 0.4) is 0 Å². The molecule has 2 heteroatoms. The molecule has 0 amide bonds. The van der Waals surface area contributed by atoms with Crippen molar-refractivity contribution in [3.05, 3.63) is 78.1 Å². The Morgan fingerprint density at radius 3 is 2.21 bits per heavy atom. The van der Waals surface area contributed by atoms with Gasteiger partial charge in [-0.15, -0.1) is 0 Å². The van der Waals surface area contributed by atoms with Gasteiger partial charge in [0.1, 0.15) is 5.15 Å². The third-order valence-corrected chi connectivity index (χ3v) is 3.34. The number of aromatic nitrogens is 1. The Hall–Kier alpha value is -2.12. The van der Waals surface area contributed by atoms with Gasteiger partial charge < -0.3 is 0 Å². The fraction of sp³-hybridized carbons (Fsp3) is 0. The molecule has 0 fully saturated rings. The highest BCUT2D eigenvalue weighted by atomic mass is 35.5. The van der Waals surface area contributed by atoms with E-state index in [1.807, 2.05) is 36.4 Å². The van der Waals surface area contributed by atoms with Crippen LogP contribution in [0.4, 0.5) is 0 Å². The third-order valence-electron chi connectivity index (χ3n) is 3.04. The van der Waals surface area contributed by atoms with Crippen LogP contribution in [0, 0.1) is 0 Å². The topological polar surface area (TPSA) is 12.9 Å². The molecule has 1 aromatic heterocycles. The second kappa shape index (κ2) is 5.25. The summed E-state index contributed by atoms with van der Waals surface area (Å²) < 4.78 is 0. The highest BCUT2D eigenvalue weighted by Gasteiger charge is 2.05. The summed E-state index contributed by atoms with van der Waals surface area (Å²) in [5.74, 6) is 0. The molecule has 0 radical (unpaired) electrons. The van der Waals surface area contributed by atoms with Gasteiger partial charge in [-0.1, -0.05) is 60.1 Å². The highest BCUT2D eigenvalue weighted by Crippen LogP contribution is 2.29. The van der Waals surface area contributed by atoms with E-state index in [2.05, 4.69) is 35.3 Å². The molecule has 0 aliphatic carbocycles. The van der Waals surface area contributed by atoms with Crippen LogP contribution in [0.5, 0.6) is 0 Å². The summed E-state index contributed by atoms with van der Waals surface area (Å²) in [6, 6.07) is 22.5. The first-order chi connectivity index (χ1) is 9.34. The van der Waals surface area contributed by atoms with Crippen LogP contribution < -0.4 is 0 Å². The first-order valence-electron chi connectivity index (χ1n) is 6.11. The minimum atomic E-state index is 0.535. The standard InChI is InChI=1S/C17H12ClN/c18-17-16(10-5-11-19-17)15-9-4-8-14(12-15)13-6-2-1-3-7-13/h1-12H. The lowest BCUT2D eigenvalue weighted by Crippen LogP contribution is -1.84. The van der Waals surface area contributed by atoms with Crippen molar-refractivity contribution in [1.82, 2.24) is 4.98 Å². The van der Waals surface area contributed by atoms with E-state index >= 15 is 0 Å². The summed E-state index contributed by atoms with van der Waals surface area (Å²) in [7, 11) is 0. The number of halogens is 1. The molecule has 0 N–H and O–H groups in total. The van der Waals surface area contributed by atoms with Crippen molar-refractivity contribution in [1.29, 1.82) is 0 Å². The van der Waals surface area contributed by atoms with Gasteiger partial charge in [0.05, 0.1) is 0 Å². The number of hydrogen-bond acceptors (Lipinski definition) is 1. The van der Waals surface area contributed by atoms with E-state index in [1.165, 1.54) is 11.1 Å². The van der Waals surface area contributed by atoms with E-state index in [-0.39, 0.29) is 0 Å². The van der Waals surface area contributed by atoms with Crippen LogP contribution in [0.2, 0.25) is 5.15 Å². The highest BCUT2D eigenvalue weighted by molar-refractivity contribution is 6.32. The lowest BCUT2D eigenvalue weighted by molar-refractivity contribution is 1.33. The summed E-state index contributed by atoms with van der Waals surface area (Å²) in [6.07, 6.45) is 1.70. The number of pyridine rings is 1. The Kier molecular flexibility index (Phi) is 3.30. The molecule has 0 bridgehead atoms. The van der Waals surface area contributed by atoms with Gasteiger partial charge in [-0.2, -0.15) is 0 Å². The number of benzene rings is 2. The van der Waals surface area contributed by atoms with E-state index in [4.69, 9.17) is 11.6 Å². The second-order valence-electron chi connectivity index (χ2n) is 4.29. The van der Waals surface area contributed by atoms with Crippen LogP contribution in [0.15, 0.2) is 72.9 Å². The molecule has 2 aromatic carbocycles. The van der Waals surface area contributed by atoms with Crippen LogP contribution in [-0.2, 0) is 0 Å². The second-order valence-corrected chi connectivity index (χ2v) is 4.65. The molecule has 0 saturated heterocycles. The molecule has 0 saturated carbocycles. The van der Waals surface area contributed by atoms with Crippen molar-refractivity contribution in [2.75, 3.05) is 0 Å². The molecule has 3 aromatic rings. The quantitative estimate of drug-likeness (QED) is 0.590. The van der Waals surface area contributed by atoms with Gasteiger partial charge in [0.2, 0.25) is 0 Å². The first-order valence-corrected chi connectivity index (χ1v) is 6.49. The number of rotatable bonds is 2. The Bertz CT molecular complexity index is 692. The van der Waals surface area contributed by atoms with Crippen molar-refractivity contribution in [2.24, 2.45) is 0 Å². The maximum Gasteiger partial charge on any atom is 0.136 e.